The third kappa shape index (κ3) is 4.51. The Morgan fingerprint density at radius 2 is 2.00 bits per heavy atom. The van der Waals surface area contributed by atoms with Gasteiger partial charge in [-0.25, -0.2) is 0 Å². The third-order valence-corrected chi connectivity index (χ3v) is 3.42. The maximum Gasteiger partial charge on any atom is 0.390 e. The molecule has 1 aliphatic rings. The molecule has 0 spiro atoms. The van der Waals surface area contributed by atoms with Crippen molar-refractivity contribution in [3.8, 4) is 0 Å². The van der Waals surface area contributed by atoms with Crippen LogP contribution in [0.15, 0.2) is 24.3 Å². The van der Waals surface area contributed by atoms with Crippen molar-refractivity contribution in [1.29, 1.82) is 0 Å². The number of hydrogen-bond donors (Lipinski definition) is 2. The molecule has 0 radical (unpaired) electrons. The van der Waals surface area contributed by atoms with E-state index in [9.17, 15) is 13.2 Å². The molecular weight excluding hydrogens is 253 g/mol. The maximum atomic E-state index is 12.2. The first kappa shape index (κ1) is 14.3. The van der Waals surface area contributed by atoms with E-state index in [4.69, 9.17) is 0 Å². The highest BCUT2D eigenvalue weighted by Crippen LogP contribution is 2.21. The number of alkyl halides is 3. The van der Waals surface area contributed by atoms with Crippen LogP contribution < -0.4 is 10.6 Å². The number of fused-ring (bicyclic) bond motifs is 1. The molecular formula is C14H19F3N2. The Bertz CT molecular complexity index is 417. The minimum absolute atomic E-state index is 0.200. The van der Waals surface area contributed by atoms with E-state index in [1.807, 2.05) is 12.1 Å². The number of hydrogen-bond acceptors (Lipinski definition) is 2. The number of rotatable bonds is 4. The zero-order valence-electron chi connectivity index (χ0n) is 10.9. The predicted molar refractivity (Wildman–Crippen MR) is 68.9 cm³/mol. The molecule has 0 saturated heterocycles. The van der Waals surface area contributed by atoms with Crippen molar-refractivity contribution in [2.45, 2.75) is 44.6 Å². The smallest absolute Gasteiger partial charge is 0.312 e. The zero-order valence-corrected chi connectivity index (χ0v) is 10.9. The fourth-order valence-corrected chi connectivity index (χ4v) is 2.43. The van der Waals surface area contributed by atoms with E-state index in [-0.39, 0.29) is 6.04 Å². The number of benzene rings is 1. The number of nitrogens with one attached hydrogen (secondary N) is 2. The molecule has 1 heterocycles. The molecule has 2 N–H and O–H groups in total. The molecule has 1 aromatic carbocycles. The second kappa shape index (κ2) is 5.92. The molecule has 5 heteroatoms. The van der Waals surface area contributed by atoms with Crippen LogP contribution in [0, 0.1) is 0 Å². The summed E-state index contributed by atoms with van der Waals surface area (Å²) in [6.07, 6.45) is -4.02. The minimum Gasteiger partial charge on any atom is -0.312 e. The lowest BCUT2D eigenvalue weighted by Gasteiger charge is -2.27. The zero-order chi connectivity index (χ0) is 13.9. The van der Waals surface area contributed by atoms with Crippen LogP contribution >= 0.6 is 0 Å². The van der Waals surface area contributed by atoms with Gasteiger partial charge in [0.05, 0.1) is 6.42 Å². The van der Waals surface area contributed by atoms with Crippen LogP contribution in [0.3, 0.4) is 0 Å². The summed E-state index contributed by atoms with van der Waals surface area (Å²) >= 11 is 0. The first-order chi connectivity index (χ1) is 8.94. The lowest BCUT2D eigenvalue weighted by Crippen LogP contribution is -2.45. The molecule has 0 aromatic heterocycles. The highest BCUT2D eigenvalue weighted by molar-refractivity contribution is 5.29. The number of halogens is 3. The van der Waals surface area contributed by atoms with E-state index in [0.717, 1.165) is 13.0 Å². The van der Waals surface area contributed by atoms with Crippen molar-refractivity contribution in [3.63, 3.8) is 0 Å². The molecule has 0 amide bonds. The Labute approximate surface area is 111 Å². The van der Waals surface area contributed by atoms with Crippen molar-refractivity contribution in [2.24, 2.45) is 0 Å². The van der Waals surface area contributed by atoms with Gasteiger partial charge in [-0.05, 0) is 24.5 Å². The van der Waals surface area contributed by atoms with Gasteiger partial charge in [0.1, 0.15) is 0 Å². The summed E-state index contributed by atoms with van der Waals surface area (Å²) in [6, 6.07) is 7.83. The van der Waals surface area contributed by atoms with E-state index >= 15 is 0 Å². The van der Waals surface area contributed by atoms with Gasteiger partial charge in [-0.2, -0.15) is 13.2 Å². The first-order valence-corrected chi connectivity index (χ1v) is 6.54. The molecule has 0 fully saturated rings. The van der Waals surface area contributed by atoms with Crippen molar-refractivity contribution >= 4 is 0 Å². The van der Waals surface area contributed by atoms with Gasteiger partial charge < -0.3 is 10.6 Å². The highest BCUT2D eigenvalue weighted by atomic mass is 19.4. The summed E-state index contributed by atoms with van der Waals surface area (Å²) in [5.41, 5.74) is 2.57. The minimum atomic E-state index is -4.10. The summed E-state index contributed by atoms with van der Waals surface area (Å²) in [4.78, 5) is 0. The van der Waals surface area contributed by atoms with Crippen LogP contribution in [-0.2, 0) is 13.0 Å². The second-order valence-electron chi connectivity index (χ2n) is 5.18. The quantitative estimate of drug-likeness (QED) is 0.880. The fraction of sp³-hybridized carbons (Fsp3) is 0.571. The Morgan fingerprint density at radius 1 is 1.32 bits per heavy atom. The molecule has 0 bridgehead atoms. The standard InChI is InChI=1S/C14H19F3N2/c1-10(7-14(15,16)17)18-9-13-6-11-4-2-3-5-12(11)8-19-13/h2-5,10,13,18-19H,6-9H2,1H3. The van der Waals surface area contributed by atoms with Crippen LogP contribution in [0.1, 0.15) is 24.5 Å². The second-order valence-corrected chi connectivity index (χ2v) is 5.18. The van der Waals surface area contributed by atoms with Crippen LogP contribution in [0.25, 0.3) is 0 Å². The highest BCUT2D eigenvalue weighted by Gasteiger charge is 2.30. The van der Waals surface area contributed by atoms with E-state index < -0.39 is 18.6 Å². The molecule has 106 valence electrons. The lowest BCUT2D eigenvalue weighted by molar-refractivity contribution is -0.139. The molecule has 0 aliphatic carbocycles. The van der Waals surface area contributed by atoms with Gasteiger partial charge in [-0.1, -0.05) is 24.3 Å². The average molecular weight is 272 g/mol. The van der Waals surface area contributed by atoms with E-state index in [0.29, 0.717) is 6.54 Å². The molecule has 0 saturated carbocycles. The van der Waals surface area contributed by atoms with Crippen molar-refractivity contribution < 1.29 is 13.2 Å². The van der Waals surface area contributed by atoms with Crippen molar-refractivity contribution in [1.82, 2.24) is 10.6 Å². The largest absolute Gasteiger partial charge is 0.390 e. The summed E-state index contributed by atoms with van der Waals surface area (Å²) in [5.74, 6) is 0. The SMILES string of the molecule is CC(CC(F)(F)F)NCC1Cc2ccccc2CN1. The van der Waals surface area contributed by atoms with E-state index in [1.165, 1.54) is 11.1 Å². The van der Waals surface area contributed by atoms with Crippen LogP contribution in [-0.4, -0.2) is 24.8 Å². The Balaban J connectivity index is 1.80. The van der Waals surface area contributed by atoms with Gasteiger partial charge in [-0.3, -0.25) is 0 Å². The van der Waals surface area contributed by atoms with Gasteiger partial charge >= 0.3 is 6.18 Å². The third-order valence-electron chi connectivity index (χ3n) is 3.42. The summed E-state index contributed by atoms with van der Waals surface area (Å²) in [6.45, 7) is 2.92. The molecule has 1 aliphatic heterocycles. The normalized spacial score (nSPS) is 20.9. The molecule has 2 rings (SSSR count). The first-order valence-electron chi connectivity index (χ1n) is 6.54. The van der Waals surface area contributed by atoms with Crippen molar-refractivity contribution in [3.05, 3.63) is 35.4 Å². The Hall–Kier alpha value is -1.07. The summed E-state index contributed by atoms with van der Waals surface area (Å²) < 4.78 is 36.6. The van der Waals surface area contributed by atoms with Gasteiger partial charge in [0.15, 0.2) is 0 Å². The van der Waals surface area contributed by atoms with Crippen LogP contribution in [0.5, 0.6) is 0 Å². The van der Waals surface area contributed by atoms with Crippen LogP contribution in [0.2, 0.25) is 0 Å². The Kier molecular flexibility index (Phi) is 4.47. The summed E-state index contributed by atoms with van der Waals surface area (Å²) in [5, 5.41) is 6.31. The molecule has 2 nitrogen and oxygen atoms in total. The predicted octanol–water partition coefficient (Wildman–Crippen LogP) is 2.63. The maximum absolute atomic E-state index is 12.2. The Morgan fingerprint density at radius 3 is 2.68 bits per heavy atom. The van der Waals surface area contributed by atoms with Gasteiger partial charge in [0, 0.05) is 25.2 Å². The fourth-order valence-electron chi connectivity index (χ4n) is 2.43. The van der Waals surface area contributed by atoms with Gasteiger partial charge in [-0.15, -0.1) is 0 Å². The van der Waals surface area contributed by atoms with Crippen molar-refractivity contribution in [2.75, 3.05) is 6.54 Å². The lowest BCUT2D eigenvalue weighted by atomic mass is 9.96. The van der Waals surface area contributed by atoms with Crippen LogP contribution in [0.4, 0.5) is 13.2 Å². The average Bonchev–Trinajstić information content (AvgIpc) is 2.34. The summed E-state index contributed by atoms with van der Waals surface area (Å²) in [7, 11) is 0. The van der Waals surface area contributed by atoms with E-state index in [1.54, 1.807) is 6.92 Å². The van der Waals surface area contributed by atoms with Gasteiger partial charge in [0.25, 0.3) is 0 Å². The monoisotopic (exact) mass is 272 g/mol. The molecule has 19 heavy (non-hydrogen) atoms. The molecule has 2 unspecified atom stereocenters. The van der Waals surface area contributed by atoms with E-state index in [2.05, 4.69) is 22.8 Å². The molecule has 2 atom stereocenters. The topological polar surface area (TPSA) is 24.1 Å². The molecule has 1 aromatic rings. The van der Waals surface area contributed by atoms with Gasteiger partial charge in [0.2, 0.25) is 0 Å².